The van der Waals surface area contributed by atoms with Crippen molar-refractivity contribution in [1.82, 2.24) is 15.2 Å². The molecule has 0 radical (unpaired) electrons. The Morgan fingerprint density at radius 2 is 2.40 bits per heavy atom. The van der Waals surface area contributed by atoms with E-state index < -0.39 is 0 Å². The number of likely N-dealkylation sites (N-methyl/N-ethyl adjacent to an activating group) is 1. The van der Waals surface area contributed by atoms with Gasteiger partial charge in [0.25, 0.3) is 5.91 Å². The Bertz CT molecular complexity index is 221. The number of rotatable bonds is 4. The molecule has 3 N–H and O–H groups in total. The van der Waals surface area contributed by atoms with Crippen LogP contribution in [0.1, 0.15) is 13.3 Å². The lowest BCUT2D eigenvalue weighted by Crippen LogP contribution is -2.47. The van der Waals surface area contributed by atoms with Crippen LogP contribution in [-0.4, -0.2) is 55.5 Å². The zero-order chi connectivity index (χ0) is 11.4. The minimum absolute atomic E-state index is 0.121. The van der Waals surface area contributed by atoms with Crippen LogP contribution in [0.3, 0.4) is 0 Å². The fraction of sp³-hybridized carbons (Fsp3) is 0.900. The van der Waals surface area contributed by atoms with Gasteiger partial charge in [-0.2, -0.15) is 0 Å². The van der Waals surface area contributed by atoms with Gasteiger partial charge in [0.15, 0.2) is 0 Å². The maximum Gasteiger partial charge on any atom is 0.250 e. The van der Waals surface area contributed by atoms with E-state index in [1.807, 2.05) is 14.0 Å². The van der Waals surface area contributed by atoms with Crippen LogP contribution in [0.5, 0.6) is 0 Å². The molecule has 1 heterocycles. The third kappa shape index (κ3) is 3.44. The molecule has 0 spiro atoms. The Morgan fingerprint density at radius 1 is 1.73 bits per heavy atom. The van der Waals surface area contributed by atoms with Crippen molar-refractivity contribution < 1.29 is 4.79 Å². The molecule has 0 aromatic heterocycles. The number of nitrogens with one attached hydrogen (secondary N) is 1. The minimum Gasteiger partial charge on any atom is -0.306 e. The van der Waals surface area contributed by atoms with Crippen molar-refractivity contribution in [3.63, 3.8) is 0 Å². The topological polar surface area (TPSA) is 61.6 Å². The summed E-state index contributed by atoms with van der Waals surface area (Å²) in [7, 11) is 4.11. The Labute approximate surface area is 91.6 Å². The molecule has 0 aromatic rings. The van der Waals surface area contributed by atoms with Crippen LogP contribution in [0.25, 0.3) is 0 Å². The quantitative estimate of drug-likeness (QED) is 0.367. The second kappa shape index (κ2) is 5.44. The number of carbonyl (C=O) groups is 1. The fourth-order valence-corrected chi connectivity index (χ4v) is 2.06. The first kappa shape index (κ1) is 12.4. The molecule has 88 valence electrons. The predicted octanol–water partition coefficient (Wildman–Crippen LogP) is -0.752. The number of hydrogen-bond donors (Lipinski definition) is 2. The van der Waals surface area contributed by atoms with Gasteiger partial charge in [0.2, 0.25) is 0 Å². The molecule has 1 aliphatic heterocycles. The van der Waals surface area contributed by atoms with Crippen molar-refractivity contribution in [3.8, 4) is 0 Å². The van der Waals surface area contributed by atoms with Crippen molar-refractivity contribution >= 4 is 5.91 Å². The number of nitrogens with two attached hydrogens (primary N) is 1. The highest BCUT2D eigenvalue weighted by Gasteiger charge is 2.24. The van der Waals surface area contributed by atoms with E-state index in [4.69, 9.17) is 5.84 Å². The van der Waals surface area contributed by atoms with E-state index >= 15 is 0 Å². The fourth-order valence-electron chi connectivity index (χ4n) is 2.06. The van der Waals surface area contributed by atoms with E-state index in [0.29, 0.717) is 5.92 Å². The van der Waals surface area contributed by atoms with Gasteiger partial charge in [-0.15, -0.1) is 0 Å². The summed E-state index contributed by atoms with van der Waals surface area (Å²) in [5, 5.41) is 0. The van der Waals surface area contributed by atoms with Crippen LogP contribution in [0.15, 0.2) is 0 Å². The van der Waals surface area contributed by atoms with Crippen LogP contribution < -0.4 is 11.3 Å². The maximum atomic E-state index is 11.3. The van der Waals surface area contributed by atoms with Crippen molar-refractivity contribution in [3.05, 3.63) is 0 Å². The van der Waals surface area contributed by atoms with Crippen LogP contribution in [0.2, 0.25) is 0 Å². The average Bonchev–Trinajstić information content (AvgIpc) is 2.61. The average molecular weight is 214 g/mol. The monoisotopic (exact) mass is 214 g/mol. The summed E-state index contributed by atoms with van der Waals surface area (Å²) in [6, 6.07) is -0.152. The largest absolute Gasteiger partial charge is 0.306 e. The van der Waals surface area contributed by atoms with Crippen LogP contribution in [0.4, 0.5) is 0 Å². The molecule has 1 fully saturated rings. The molecule has 1 aliphatic rings. The van der Waals surface area contributed by atoms with Crippen molar-refractivity contribution in [2.24, 2.45) is 11.8 Å². The number of carbonyl (C=O) groups excluding carboxylic acids is 1. The van der Waals surface area contributed by atoms with Crippen LogP contribution in [0, 0.1) is 5.92 Å². The molecule has 2 unspecified atom stereocenters. The van der Waals surface area contributed by atoms with Crippen molar-refractivity contribution in [2.45, 2.75) is 19.4 Å². The summed E-state index contributed by atoms with van der Waals surface area (Å²) in [5.74, 6) is 5.66. The molecule has 1 amide bonds. The van der Waals surface area contributed by atoms with Gasteiger partial charge in [-0.1, -0.05) is 0 Å². The van der Waals surface area contributed by atoms with E-state index in [1.54, 1.807) is 0 Å². The normalized spacial score (nSPS) is 24.5. The van der Waals surface area contributed by atoms with Gasteiger partial charge < -0.3 is 4.90 Å². The minimum atomic E-state index is -0.152. The van der Waals surface area contributed by atoms with E-state index in [1.165, 1.54) is 6.42 Å². The number of hydrazine groups is 1. The van der Waals surface area contributed by atoms with Crippen molar-refractivity contribution in [1.29, 1.82) is 0 Å². The molecular formula is C10H22N4O. The molecule has 0 aliphatic carbocycles. The highest BCUT2D eigenvalue weighted by molar-refractivity contribution is 5.80. The molecule has 0 aromatic carbocycles. The number of nitrogens with zero attached hydrogens (tertiary/aromatic N) is 2. The van der Waals surface area contributed by atoms with Crippen LogP contribution >= 0.6 is 0 Å². The molecule has 0 saturated carbocycles. The molecule has 2 atom stereocenters. The summed E-state index contributed by atoms with van der Waals surface area (Å²) < 4.78 is 0. The van der Waals surface area contributed by atoms with Crippen molar-refractivity contribution in [2.75, 3.05) is 33.7 Å². The number of amides is 1. The standard InChI is InChI=1S/C10H22N4O/c1-8(10(15)12-11)14(3)7-9-4-5-13(2)6-9/h8-9H,4-7,11H2,1-3H3,(H,12,15). The first-order valence-corrected chi connectivity index (χ1v) is 5.43. The Hall–Kier alpha value is -0.650. The lowest BCUT2D eigenvalue weighted by Gasteiger charge is -2.25. The first-order valence-electron chi connectivity index (χ1n) is 5.43. The summed E-state index contributed by atoms with van der Waals surface area (Å²) in [4.78, 5) is 15.7. The van der Waals surface area contributed by atoms with E-state index in [9.17, 15) is 4.79 Å². The van der Waals surface area contributed by atoms with E-state index in [2.05, 4.69) is 22.3 Å². The SMILES string of the molecule is CC(C(=O)NN)N(C)CC1CCN(C)C1. The number of likely N-dealkylation sites (tertiary alicyclic amines) is 1. The van der Waals surface area contributed by atoms with Gasteiger partial charge in [-0.05, 0) is 39.9 Å². The second-order valence-corrected chi connectivity index (χ2v) is 4.54. The molecule has 5 heteroatoms. The van der Waals surface area contributed by atoms with Gasteiger partial charge in [0, 0.05) is 13.1 Å². The Morgan fingerprint density at radius 3 is 2.87 bits per heavy atom. The lowest BCUT2D eigenvalue weighted by atomic mass is 10.1. The second-order valence-electron chi connectivity index (χ2n) is 4.54. The highest BCUT2D eigenvalue weighted by atomic mass is 16.2. The molecule has 1 rings (SSSR count). The summed E-state index contributed by atoms with van der Waals surface area (Å²) in [6.45, 7) is 5.12. The summed E-state index contributed by atoms with van der Waals surface area (Å²) in [6.07, 6.45) is 1.22. The molecule has 1 saturated heterocycles. The van der Waals surface area contributed by atoms with Gasteiger partial charge in [0.05, 0.1) is 6.04 Å². The maximum absolute atomic E-state index is 11.3. The number of hydrogen-bond acceptors (Lipinski definition) is 4. The lowest BCUT2D eigenvalue weighted by molar-refractivity contribution is -0.125. The predicted molar refractivity (Wildman–Crippen MR) is 60.0 cm³/mol. The zero-order valence-electron chi connectivity index (χ0n) is 9.86. The smallest absolute Gasteiger partial charge is 0.250 e. The van der Waals surface area contributed by atoms with Gasteiger partial charge >= 0.3 is 0 Å². The van der Waals surface area contributed by atoms with E-state index in [0.717, 1.165) is 19.6 Å². The molecule has 0 bridgehead atoms. The summed E-state index contributed by atoms with van der Waals surface area (Å²) in [5.41, 5.74) is 2.19. The van der Waals surface area contributed by atoms with E-state index in [-0.39, 0.29) is 11.9 Å². The van der Waals surface area contributed by atoms with Gasteiger partial charge in [-0.3, -0.25) is 15.1 Å². The zero-order valence-corrected chi connectivity index (χ0v) is 9.86. The third-order valence-corrected chi connectivity index (χ3v) is 3.22. The molecular weight excluding hydrogens is 192 g/mol. The van der Waals surface area contributed by atoms with Gasteiger partial charge in [-0.25, -0.2) is 5.84 Å². The summed E-state index contributed by atoms with van der Waals surface area (Å²) >= 11 is 0. The first-order chi connectivity index (χ1) is 7.04. The highest BCUT2D eigenvalue weighted by Crippen LogP contribution is 2.15. The molecule has 5 nitrogen and oxygen atoms in total. The third-order valence-electron chi connectivity index (χ3n) is 3.22. The Kier molecular flexibility index (Phi) is 4.50. The Balaban J connectivity index is 2.34. The molecule has 15 heavy (non-hydrogen) atoms. The van der Waals surface area contributed by atoms with Gasteiger partial charge in [0.1, 0.15) is 0 Å². The van der Waals surface area contributed by atoms with Crippen LogP contribution in [-0.2, 0) is 4.79 Å².